The van der Waals surface area contributed by atoms with Crippen molar-refractivity contribution < 1.29 is 23.9 Å². The molecule has 0 spiro atoms. The lowest BCUT2D eigenvalue weighted by molar-refractivity contribution is -0.118. The van der Waals surface area contributed by atoms with E-state index in [9.17, 15) is 14.4 Å². The SMILES string of the molecule is COc1cc(C2C3=C(CCCC3=O)N(C)C3=C2C(=O)CCC3)cc(Cl)c1OCC(=O)Nc1cc(C)ccc1C. The van der Waals surface area contributed by atoms with Gasteiger partial charge >= 0.3 is 0 Å². The van der Waals surface area contributed by atoms with Gasteiger partial charge in [0, 0.05) is 54.0 Å². The predicted molar refractivity (Wildman–Crippen MR) is 150 cm³/mol. The Bertz CT molecular complexity index is 1400. The number of amides is 1. The van der Waals surface area contributed by atoms with Gasteiger partial charge in [0.2, 0.25) is 0 Å². The monoisotopic (exact) mass is 548 g/mol. The number of Topliss-reactive ketones (excluding diaryl/α,β-unsaturated/α-hetero) is 2. The largest absolute Gasteiger partial charge is 0.493 e. The molecule has 1 N–H and O–H groups in total. The third kappa shape index (κ3) is 5.08. The number of nitrogens with one attached hydrogen (secondary N) is 1. The quantitative estimate of drug-likeness (QED) is 0.475. The van der Waals surface area contributed by atoms with Gasteiger partial charge in [-0.2, -0.15) is 0 Å². The lowest BCUT2D eigenvalue weighted by Gasteiger charge is -2.42. The van der Waals surface area contributed by atoms with Crippen molar-refractivity contribution >= 4 is 34.8 Å². The van der Waals surface area contributed by atoms with Crippen molar-refractivity contribution in [2.24, 2.45) is 0 Å². The summed E-state index contributed by atoms with van der Waals surface area (Å²) in [5.41, 5.74) is 6.75. The molecule has 3 aliphatic rings. The third-order valence-corrected chi connectivity index (χ3v) is 8.13. The number of anilines is 1. The highest BCUT2D eigenvalue weighted by atomic mass is 35.5. The molecule has 204 valence electrons. The van der Waals surface area contributed by atoms with Gasteiger partial charge in [-0.25, -0.2) is 0 Å². The number of ether oxygens (including phenoxy) is 2. The Morgan fingerprint density at radius 1 is 1.00 bits per heavy atom. The fourth-order valence-corrected chi connectivity index (χ4v) is 6.20. The second-order valence-corrected chi connectivity index (χ2v) is 10.9. The van der Waals surface area contributed by atoms with Crippen LogP contribution in [0.2, 0.25) is 5.02 Å². The van der Waals surface area contributed by atoms with E-state index >= 15 is 0 Å². The zero-order valence-electron chi connectivity index (χ0n) is 22.8. The van der Waals surface area contributed by atoms with Gasteiger partial charge in [-0.05, 0) is 74.4 Å². The summed E-state index contributed by atoms with van der Waals surface area (Å²) in [5.74, 6) is -0.119. The minimum Gasteiger partial charge on any atom is -0.493 e. The normalized spacial score (nSPS) is 17.7. The van der Waals surface area contributed by atoms with E-state index in [0.717, 1.165) is 53.9 Å². The summed E-state index contributed by atoms with van der Waals surface area (Å²) < 4.78 is 11.5. The van der Waals surface area contributed by atoms with Gasteiger partial charge in [0.25, 0.3) is 5.91 Å². The van der Waals surface area contributed by atoms with Crippen LogP contribution in [0.25, 0.3) is 0 Å². The summed E-state index contributed by atoms with van der Waals surface area (Å²) in [7, 11) is 3.46. The van der Waals surface area contributed by atoms with Gasteiger partial charge in [0.15, 0.2) is 29.7 Å². The number of ketones is 2. The smallest absolute Gasteiger partial charge is 0.262 e. The Hall–Kier alpha value is -3.58. The number of hydrogen-bond donors (Lipinski definition) is 1. The molecule has 0 saturated heterocycles. The van der Waals surface area contributed by atoms with Crippen LogP contribution in [0, 0.1) is 13.8 Å². The van der Waals surface area contributed by atoms with Crippen LogP contribution in [0.3, 0.4) is 0 Å². The maximum atomic E-state index is 13.3. The number of nitrogens with zero attached hydrogens (tertiary/aromatic N) is 1. The molecule has 5 rings (SSSR count). The second-order valence-electron chi connectivity index (χ2n) is 10.5. The fraction of sp³-hybridized carbons (Fsp3) is 0.387. The number of hydrogen-bond acceptors (Lipinski definition) is 6. The molecule has 0 fully saturated rings. The molecule has 1 aliphatic heterocycles. The van der Waals surface area contributed by atoms with E-state index < -0.39 is 5.92 Å². The van der Waals surface area contributed by atoms with Gasteiger partial charge in [0.05, 0.1) is 12.1 Å². The average Bonchev–Trinajstić information content (AvgIpc) is 2.91. The van der Waals surface area contributed by atoms with Crippen molar-refractivity contribution in [2.75, 3.05) is 26.1 Å². The first kappa shape index (κ1) is 27.0. The Morgan fingerprint density at radius 3 is 2.26 bits per heavy atom. The molecule has 0 bridgehead atoms. The Balaban J connectivity index is 1.47. The fourth-order valence-electron chi connectivity index (χ4n) is 5.93. The summed E-state index contributed by atoms with van der Waals surface area (Å²) in [6.07, 6.45) is 4.10. The zero-order chi connectivity index (χ0) is 27.8. The van der Waals surface area contributed by atoms with Gasteiger partial charge < -0.3 is 19.7 Å². The first-order chi connectivity index (χ1) is 18.7. The molecule has 0 radical (unpaired) electrons. The lowest BCUT2D eigenvalue weighted by Crippen LogP contribution is -2.37. The van der Waals surface area contributed by atoms with E-state index in [4.69, 9.17) is 21.1 Å². The number of allylic oxidation sites excluding steroid dienone is 4. The second kappa shape index (κ2) is 10.9. The molecule has 2 aromatic rings. The van der Waals surface area contributed by atoms with Gasteiger partial charge in [-0.3, -0.25) is 14.4 Å². The highest BCUT2D eigenvalue weighted by molar-refractivity contribution is 6.32. The van der Waals surface area contributed by atoms with Crippen molar-refractivity contribution in [1.82, 2.24) is 4.90 Å². The molecule has 39 heavy (non-hydrogen) atoms. The molecule has 0 unspecified atom stereocenters. The molecule has 1 heterocycles. The average molecular weight is 549 g/mol. The Morgan fingerprint density at radius 2 is 1.64 bits per heavy atom. The summed E-state index contributed by atoms with van der Waals surface area (Å²) in [4.78, 5) is 41.3. The number of rotatable bonds is 6. The topological polar surface area (TPSA) is 84.9 Å². The van der Waals surface area contributed by atoms with E-state index in [1.54, 1.807) is 12.1 Å². The number of benzene rings is 2. The summed E-state index contributed by atoms with van der Waals surface area (Å²) in [6, 6.07) is 9.35. The van der Waals surface area contributed by atoms with Crippen LogP contribution in [0.5, 0.6) is 11.5 Å². The van der Waals surface area contributed by atoms with Crippen LogP contribution < -0.4 is 14.8 Å². The number of methoxy groups -OCH3 is 1. The van der Waals surface area contributed by atoms with E-state index in [0.29, 0.717) is 35.3 Å². The van der Waals surface area contributed by atoms with Crippen molar-refractivity contribution in [3.8, 4) is 11.5 Å². The molecule has 0 aromatic heterocycles. The predicted octanol–water partition coefficient (Wildman–Crippen LogP) is 6.03. The van der Waals surface area contributed by atoms with Crippen LogP contribution in [-0.2, 0) is 14.4 Å². The highest BCUT2D eigenvalue weighted by Gasteiger charge is 2.42. The summed E-state index contributed by atoms with van der Waals surface area (Å²) in [5, 5.41) is 3.13. The molecular formula is C31H33ClN2O5. The lowest BCUT2D eigenvalue weighted by atomic mass is 9.71. The van der Waals surface area contributed by atoms with E-state index in [2.05, 4.69) is 10.2 Å². The third-order valence-electron chi connectivity index (χ3n) is 7.84. The molecule has 2 aliphatic carbocycles. The Kier molecular flexibility index (Phi) is 7.54. The number of carbonyl (C=O) groups is 3. The standard InChI is InChI=1S/C31H33ClN2O5/c1-17-11-12-18(2)21(13-17)33-27(37)16-39-31-20(32)14-19(15-26(31)38-4)28-29-22(7-5-9-24(29)35)34(3)23-8-6-10-25(36)30(23)28/h11-15,28H,5-10,16H2,1-4H3,(H,33,37). The zero-order valence-corrected chi connectivity index (χ0v) is 23.5. The van der Waals surface area contributed by atoms with Crippen LogP contribution in [0.15, 0.2) is 52.9 Å². The number of halogens is 1. The molecular weight excluding hydrogens is 516 g/mol. The van der Waals surface area contributed by atoms with Crippen LogP contribution in [0.4, 0.5) is 5.69 Å². The molecule has 2 aromatic carbocycles. The van der Waals surface area contributed by atoms with Gasteiger partial charge in [0.1, 0.15) is 0 Å². The first-order valence-electron chi connectivity index (χ1n) is 13.3. The Labute approximate surface area is 233 Å². The maximum Gasteiger partial charge on any atom is 0.262 e. The van der Waals surface area contributed by atoms with Crippen molar-refractivity contribution in [2.45, 2.75) is 58.3 Å². The van der Waals surface area contributed by atoms with Gasteiger partial charge in [-0.15, -0.1) is 0 Å². The van der Waals surface area contributed by atoms with Crippen LogP contribution in [-0.4, -0.2) is 43.1 Å². The molecule has 0 saturated carbocycles. The first-order valence-corrected chi connectivity index (χ1v) is 13.7. The van der Waals surface area contributed by atoms with Crippen molar-refractivity contribution in [3.05, 3.63) is 74.6 Å². The summed E-state index contributed by atoms with van der Waals surface area (Å²) >= 11 is 6.72. The maximum absolute atomic E-state index is 13.3. The number of aryl methyl sites for hydroxylation is 2. The summed E-state index contributed by atoms with van der Waals surface area (Å²) in [6.45, 7) is 3.62. The van der Waals surface area contributed by atoms with E-state index in [1.807, 2.05) is 39.1 Å². The minimum absolute atomic E-state index is 0.0663. The van der Waals surface area contributed by atoms with Crippen molar-refractivity contribution in [1.29, 1.82) is 0 Å². The molecule has 8 heteroatoms. The van der Waals surface area contributed by atoms with Crippen molar-refractivity contribution in [3.63, 3.8) is 0 Å². The van der Waals surface area contributed by atoms with Crippen LogP contribution >= 0.6 is 11.6 Å². The van der Waals surface area contributed by atoms with E-state index in [1.165, 1.54) is 7.11 Å². The number of carbonyl (C=O) groups excluding carboxylic acids is 3. The molecule has 7 nitrogen and oxygen atoms in total. The van der Waals surface area contributed by atoms with Crippen LogP contribution in [0.1, 0.15) is 61.1 Å². The van der Waals surface area contributed by atoms with Gasteiger partial charge in [-0.1, -0.05) is 23.7 Å². The molecule has 1 amide bonds. The minimum atomic E-state index is -0.500. The van der Waals surface area contributed by atoms with E-state index in [-0.39, 0.29) is 34.9 Å². The highest BCUT2D eigenvalue weighted by Crippen LogP contribution is 2.50. The molecule has 0 atom stereocenters.